The summed E-state index contributed by atoms with van der Waals surface area (Å²) in [5.41, 5.74) is 2.93. The number of oxazole rings is 1. The lowest BCUT2D eigenvalue weighted by Crippen LogP contribution is -2.37. The van der Waals surface area contributed by atoms with Crippen LogP contribution in [0.2, 0.25) is 39.3 Å². The lowest BCUT2D eigenvalue weighted by Gasteiger charge is -2.30. The van der Waals surface area contributed by atoms with E-state index in [1.807, 2.05) is 36.4 Å². The molecule has 2 atom stereocenters. The minimum atomic E-state index is -1.93. The fourth-order valence-electron chi connectivity index (χ4n) is 4.12. The number of morpholine rings is 1. The molecule has 1 aliphatic heterocycles. The Balaban J connectivity index is 1.86. The molecule has 0 saturated carbocycles. The Bertz CT molecular complexity index is 1070. The topological polar surface area (TPSA) is 57.0 Å². The third kappa shape index (κ3) is 6.92. The molecule has 0 N–H and O–H groups in total. The van der Waals surface area contributed by atoms with E-state index in [0.29, 0.717) is 19.1 Å². The third-order valence-electron chi connectivity index (χ3n) is 5.57. The molecule has 8 heteroatoms. The molecule has 1 fully saturated rings. The van der Waals surface area contributed by atoms with Gasteiger partial charge in [0.25, 0.3) is 0 Å². The largest absolute Gasteiger partial charge is 0.421 e. The summed E-state index contributed by atoms with van der Waals surface area (Å²) in [7, 11) is -3.85. The van der Waals surface area contributed by atoms with Crippen LogP contribution in [-0.4, -0.2) is 47.9 Å². The van der Waals surface area contributed by atoms with E-state index in [0.717, 1.165) is 35.8 Å². The number of ether oxygens (including phenoxy) is 1. The van der Waals surface area contributed by atoms with Crippen LogP contribution in [0.25, 0.3) is 0 Å². The van der Waals surface area contributed by atoms with Crippen molar-refractivity contribution < 1.29 is 18.0 Å². The Labute approximate surface area is 211 Å². The second kappa shape index (κ2) is 10.8. The standard InChI is InChI=1S/C27H38N2O4Si2/c1-34(2,3)32-24(21-13-9-7-10-14-21)23-27(29-17-19-30-20-18-29)31-26(28-23)25(33-35(4,5)6)22-15-11-8-12-16-22/h7-16,24-25H,17-20H2,1-6H3. The Morgan fingerprint density at radius 1 is 0.743 bits per heavy atom. The summed E-state index contributed by atoms with van der Waals surface area (Å²) >= 11 is 0. The minimum absolute atomic E-state index is 0.318. The monoisotopic (exact) mass is 510 g/mol. The summed E-state index contributed by atoms with van der Waals surface area (Å²) in [6.45, 7) is 16.0. The fraction of sp³-hybridized carbons (Fsp3) is 0.444. The van der Waals surface area contributed by atoms with Gasteiger partial charge in [-0.15, -0.1) is 0 Å². The molecule has 0 aliphatic carbocycles. The second-order valence-electron chi connectivity index (χ2n) is 10.9. The summed E-state index contributed by atoms with van der Waals surface area (Å²) in [5, 5.41) is 0. The van der Waals surface area contributed by atoms with Crippen molar-refractivity contribution in [1.82, 2.24) is 4.98 Å². The number of aromatic nitrogens is 1. The van der Waals surface area contributed by atoms with E-state index in [-0.39, 0.29) is 12.2 Å². The molecule has 2 heterocycles. The molecule has 0 bridgehead atoms. The van der Waals surface area contributed by atoms with Crippen LogP contribution in [0.1, 0.15) is 34.9 Å². The van der Waals surface area contributed by atoms with Gasteiger partial charge in [0.2, 0.25) is 11.8 Å². The van der Waals surface area contributed by atoms with Crippen molar-refractivity contribution in [2.24, 2.45) is 0 Å². The van der Waals surface area contributed by atoms with E-state index in [4.69, 9.17) is 23.0 Å². The van der Waals surface area contributed by atoms with Crippen molar-refractivity contribution in [3.05, 3.63) is 83.4 Å². The normalized spacial score (nSPS) is 16.8. The highest BCUT2D eigenvalue weighted by Crippen LogP contribution is 2.39. The van der Waals surface area contributed by atoms with Crippen molar-refractivity contribution in [3.63, 3.8) is 0 Å². The van der Waals surface area contributed by atoms with Crippen molar-refractivity contribution >= 4 is 22.5 Å². The average Bonchev–Trinajstić information content (AvgIpc) is 3.27. The van der Waals surface area contributed by atoms with Gasteiger partial charge in [0, 0.05) is 13.1 Å². The zero-order valence-electron chi connectivity index (χ0n) is 21.8. The smallest absolute Gasteiger partial charge is 0.229 e. The highest BCUT2D eigenvalue weighted by atomic mass is 28.4. The van der Waals surface area contributed by atoms with Gasteiger partial charge in [-0.05, 0) is 50.4 Å². The molecule has 1 aliphatic rings. The van der Waals surface area contributed by atoms with Crippen molar-refractivity contribution in [3.8, 4) is 0 Å². The number of hydrogen-bond donors (Lipinski definition) is 0. The lowest BCUT2D eigenvalue weighted by molar-refractivity contribution is 0.119. The van der Waals surface area contributed by atoms with Crippen LogP contribution >= 0.6 is 0 Å². The molecule has 0 amide bonds. The van der Waals surface area contributed by atoms with E-state index < -0.39 is 16.6 Å². The van der Waals surface area contributed by atoms with Gasteiger partial charge in [0.15, 0.2) is 16.6 Å². The van der Waals surface area contributed by atoms with E-state index in [9.17, 15) is 0 Å². The van der Waals surface area contributed by atoms with Gasteiger partial charge in [0.1, 0.15) is 17.9 Å². The van der Waals surface area contributed by atoms with Crippen LogP contribution in [0.15, 0.2) is 65.1 Å². The van der Waals surface area contributed by atoms with Crippen LogP contribution in [0, 0.1) is 0 Å². The van der Waals surface area contributed by atoms with Gasteiger partial charge in [-0.1, -0.05) is 60.7 Å². The Morgan fingerprint density at radius 2 is 1.23 bits per heavy atom. The first-order chi connectivity index (χ1) is 16.6. The molecule has 4 rings (SSSR count). The van der Waals surface area contributed by atoms with Gasteiger partial charge in [0.05, 0.1) is 13.2 Å². The van der Waals surface area contributed by atoms with Crippen molar-refractivity contribution in [1.29, 1.82) is 0 Å². The van der Waals surface area contributed by atoms with Gasteiger partial charge in [-0.25, -0.2) is 4.98 Å². The van der Waals surface area contributed by atoms with Gasteiger partial charge < -0.3 is 22.9 Å². The predicted octanol–water partition coefficient (Wildman–Crippen LogP) is 6.39. The van der Waals surface area contributed by atoms with Gasteiger partial charge in [-0.2, -0.15) is 0 Å². The molecule has 1 saturated heterocycles. The quantitative estimate of drug-likeness (QED) is 0.311. The summed E-state index contributed by atoms with van der Waals surface area (Å²) < 4.78 is 25.7. The van der Waals surface area contributed by atoms with Crippen LogP contribution in [0.3, 0.4) is 0 Å². The maximum Gasteiger partial charge on any atom is 0.229 e. The van der Waals surface area contributed by atoms with Gasteiger partial charge in [-0.3, -0.25) is 0 Å². The maximum atomic E-state index is 6.77. The van der Waals surface area contributed by atoms with Gasteiger partial charge >= 0.3 is 0 Å². The minimum Gasteiger partial charge on any atom is -0.421 e. The number of benzene rings is 2. The maximum absolute atomic E-state index is 6.77. The first-order valence-electron chi connectivity index (χ1n) is 12.4. The molecule has 2 unspecified atom stereocenters. The SMILES string of the molecule is C[Si](C)(C)OC(c1ccccc1)c1nc(C(O[Si](C)(C)C)c2ccccc2)c(N2CCOCC2)o1. The molecule has 3 aromatic rings. The van der Waals surface area contributed by atoms with Crippen molar-refractivity contribution in [2.75, 3.05) is 31.2 Å². The predicted molar refractivity (Wildman–Crippen MR) is 145 cm³/mol. The van der Waals surface area contributed by atoms with E-state index in [1.165, 1.54) is 0 Å². The molecule has 35 heavy (non-hydrogen) atoms. The zero-order valence-corrected chi connectivity index (χ0v) is 23.8. The molecule has 2 aromatic carbocycles. The molecule has 0 spiro atoms. The first-order valence-corrected chi connectivity index (χ1v) is 19.2. The molecular weight excluding hydrogens is 472 g/mol. The van der Waals surface area contributed by atoms with E-state index in [1.54, 1.807) is 0 Å². The zero-order chi connectivity index (χ0) is 25.1. The van der Waals surface area contributed by atoms with E-state index in [2.05, 4.69) is 68.4 Å². The first kappa shape index (κ1) is 25.8. The molecular formula is C27H38N2O4Si2. The third-order valence-corrected chi connectivity index (χ3v) is 7.46. The second-order valence-corrected chi connectivity index (χ2v) is 19.8. The van der Waals surface area contributed by atoms with Crippen LogP contribution in [0.4, 0.5) is 5.88 Å². The number of rotatable bonds is 9. The fourth-order valence-corrected chi connectivity index (χ4v) is 6.02. The summed E-state index contributed by atoms with van der Waals surface area (Å²) in [6.07, 6.45) is -0.693. The van der Waals surface area contributed by atoms with E-state index >= 15 is 0 Å². The van der Waals surface area contributed by atoms with Crippen LogP contribution < -0.4 is 4.90 Å². The number of hydrogen-bond acceptors (Lipinski definition) is 6. The molecule has 0 radical (unpaired) electrons. The number of nitrogens with zero attached hydrogens (tertiary/aromatic N) is 2. The average molecular weight is 511 g/mol. The Morgan fingerprint density at radius 3 is 1.74 bits per heavy atom. The molecule has 188 valence electrons. The summed E-state index contributed by atoms with van der Waals surface area (Å²) in [5.74, 6) is 1.34. The van der Waals surface area contributed by atoms with Crippen molar-refractivity contribution in [2.45, 2.75) is 51.5 Å². The van der Waals surface area contributed by atoms with Crippen LogP contribution in [0.5, 0.6) is 0 Å². The summed E-state index contributed by atoms with van der Waals surface area (Å²) in [4.78, 5) is 7.38. The highest BCUT2D eigenvalue weighted by molar-refractivity contribution is 6.70. The summed E-state index contributed by atoms with van der Waals surface area (Å²) in [6, 6.07) is 20.6. The highest BCUT2D eigenvalue weighted by Gasteiger charge is 2.35. The number of anilines is 1. The van der Waals surface area contributed by atoms with Crippen LogP contribution in [-0.2, 0) is 13.6 Å². The molecule has 6 nitrogen and oxygen atoms in total. The Hall–Kier alpha value is -2.24. The lowest BCUT2D eigenvalue weighted by atomic mass is 10.1. The Kier molecular flexibility index (Phi) is 7.97. The molecule has 1 aromatic heterocycles.